The van der Waals surface area contributed by atoms with Crippen LogP contribution in [-0.2, 0) is 9.59 Å². The Morgan fingerprint density at radius 1 is 1.53 bits per heavy atom. The molecule has 1 rings (SSSR count). The highest BCUT2D eigenvalue weighted by Gasteiger charge is 2.36. The van der Waals surface area contributed by atoms with Crippen LogP contribution in [0.1, 0.15) is 26.2 Å². The van der Waals surface area contributed by atoms with Gasteiger partial charge in [-0.1, -0.05) is 6.92 Å². The summed E-state index contributed by atoms with van der Waals surface area (Å²) < 4.78 is 0. The average molecular weight is 213 g/mol. The lowest BCUT2D eigenvalue weighted by molar-refractivity contribution is -0.146. The molecule has 2 atom stereocenters. The van der Waals surface area contributed by atoms with E-state index in [1.165, 1.54) is 0 Å². The van der Waals surface area contributed by atoms with Crippen LogP contribution in [0.3, 0.4) is 0 Å². The zero-order chi connectivity index (χ0) is 11.4. The van der Waals surface area contributed by atoms with E-state index in [4.69, 9.17) is 11.5 Å². The number of likely N-dealkylation sites (tertiary alicyclic amines) is 1. The van der Waals surface area contributed by atoms with Gasteiger partial charge in [0.2, 0.25) is 11.8 Å². The predicted molar refractivity (Wildman–Crippen MR) is 56.8 cm³/mol. The third-order valence-corrected chi connectivity index (χ3v) is 2.85. The highest BCUT2D eigenvalue weighted by molar-refractivity contribution is 5.88. The number of rotatable bonds is 5. The fourth-order valence-corrected chi connectivity index (χ4v) is 1.78. The van der Waals surface area contributed by atoms with Gasteiger partial charge in [0.25, 0.3) is 0 Å². The second kappa shape index (κ2) is 5.11. The zero-order valence-corrected chi connectivity index (χ0v) is 9.11. The first kappa shape index (κ1) is 12.0. The molecule has 0 aromatic carbocycles. The van der Waals surface area contributed by atoms with E-state index in [0.29, 0.717) is 25.9 Å². The Kier molecular flexibility index (Phi) is 4.08. The van der Waals surface area contributed by atoms with E-state index in [0.717, 1.165) is 6.42 Å². The molecule has 0 aromatic heterocycles. The van der Waals surface area contributed by atoms with Gasteiger partial charge in [-0.3, -0.25) is 9.59 Å². The van der Waals surface area contributed by atoms with Gasteiger partial charge in [0.05, 0.1) is 0 Å². The van der Waals surface area contributed by atoms with Crippen LogP contribution in [0, 0.1) is 5.92 Å². The van der Waals surface area contributed by atoms with Crippen LogP contribution >= 0.6 is 0 Å². The lowest BCUT2D eigenvalue weighted by Crippen LogP contribution is -2.57. The molecule has 4 N–H and O–H groups in total. The highest BCUT2D eigenvalue weighted by Crippen LogP contribution is 2.20. The first-order valence-corrected chi connectivity index (χ1v) is 5.35. The molecule has 0 radical (unpaired) electrons. The normalized spacial score (nSPS) is 22.0. The van der Waals surface area contributed by atoms with Gasteiger partial charge < -0.3 is 16.4 Å². The topological polar surface area (TPSA) is 89.4 Å². The first-order valence-electron chi connectivity index (χ1n) is 5.35. The first-order chi connectivity index (χ1) is 7.06. The van der Waals surface area contributed by atoms with Crippen molar-refractivity contribution in [1.82, 2.24) is 4.90 Å². The van der Waals surface area contributed by atoms with Gasteiger partial charge in [-0.05, 0) is 25.3 Å². The fourth-order valence-electron chi connectivity index (χ4n) is 1.78. The average Bonchev–Trinajstić information content (AvgIpc) is 1.99. The predicted octanol–water partition coefficient (Wildman–Crippen LogP) is -0.552. The molecule has 1 heterocycles. The van der Waals surface area contributed by atoms with E-state index in [1.54, 1.807) is 4.90 Å². The lowest BCUT2D eigenvalue weighted by Gasteiger charge is -2.39. The summed E-state index contributed by atoms with van der Waals surface area (Å²) in [5.41, 5.74) is 10.6. The smallest absolute Gasteiger partial charge is 0.240 e. The molecule has 86 valence electrons. The van der Waals surface area contributed by atoms with E-state index in [1.807, 2.05) is 6.92 Å². The SMILES string of the molecule is CC(CCN)CC(=O)N1CCC1C(N)=O. The van der Waals surface area contributed by atoms with E-state index in [-0.39, 0.29) is 17.9 Å². The highest BCUT2D eigenvalue weighted by atomic mass is 16.2. The summed E-state index contributed by atoms with van der Waals surface area (Å²) in [5, 5.41) is 0. The monoisotopic (exact) mass is 213 g/mol. The van der Waals surface area contributed by atoms with Crippen LogP contribution in [0.4, 0.5) is 0 Å². The fraction of sp³-hybridized carbons (Fsp3) is 0.800. The van der Waals surface area contributed by atoms with Crippen LogP contribution in [-0.4, -0.2) is 35.8 Å². The summed E-state index contributed by atoms with van der Waals surface area (Å²) in [6.07, 6.45) is 1.99. The molecule has 2 amide bonds. The molecular formula is C10H19N3O2. The number of hydrogen-bond donors (Lipinski definition) is 2. The Labute approximate surface area is 89.8 Å². The summed E-state index contributed by atoms with van der Waals surface area (Å²) in [4.78, 5) is 24.2. The Bertz CT molecular complexity index is 255. The molecule has 0 spiro atoms. The van der Waals surface area contributed by atoms with Gasteiger partial charge in [-0.2, -0.15) is 0 Å². The number of hydrogen-bond acceptors (Lipinski definition) is 3. The molecular weight excluding hydrogens is 194 g/mol. The summed E-state index contributed by atoms with van der Waals surface area (Å²) in [5.74, 6) is -0.108. The maximum atomic E-state index is 11.7. The van der Waals surface area contributed by atoms with Crippen LogP contribution in [0.2, 0.25) is 0 Å². The maximum Gasteiger partial charge on any atom is 0.240 e. The number of carbonyl (C=O) groups is 2. The van der Waals surface area contributed by atoms with E-state index in [9.17, 15) is 9.59 Å². The largest absolute Gasteiger partial charge is 0.368 e. The Balaban J connectivity index is 2.37. The maximum absolute atomic E-state index is 11.7. The van der Waals surface area contributed by atoms with E-state index in [2.05, 4.69) is 0 Å². The molecule has 1 fully saturated rings. The summed E-state index contributed by atoms with van der Waals surface area (Å²) in [6, 6.07) is -0.373. The lowest BCUT2D eigenvalue weighted by atomic mass is 9.98. The van der Waals surface area contributed by atoms with Crippen LogP contribution in [0.25, 0.3) is 0 Å². The Hall–Kier alpha value is -1.10. The summed E-state index contributed by atoms with van der Waals surface area (Å²) in [6.45, 7) is 3.24. The minimum atomic E-state index is -0.402. The number of amides is 2. The van der Waals surface area contributed by atoms with Gasteiger partial charge in [0, 0.05) is 13.0 Å². The minimum absolute atomic E-state index is 0.0194. The Morgan fingerprint density at radius 2 is 2.20 bits per heavy atom. The number of nitrogens with two attached hydrogens (primary N) is 2. The molecule has 0 bridgehead atoms. The minimum Gasteiger partial charge on any atom is -0.368 e. The van der Waals surface area contributed by atoms with Crippen molar-refractivity contribution in [2.75, 3.05) is 13.1 Å². The number of nitrogens with zero attached hydrogens (tertiary/aromatic N) is 1. The molecule has 0 saturated carbocycles. The molecule has 1 aliphatic heterocycles. The van der Waals surface area contributed by atoms with Gasteiger partial charge in [0.1, 0.15) is 6.04 Å². The van der Waals surface area contributed by atoms with Crippen molar-refractivity contribution in [3.8, 4) is 0 Å². The Morgan fingerprint density at radius 3 is 2.60 bits per heavy atom. The summed E-state index contributed by atoms with van der Waals surface area (Å²) >= 11 is 0. The second-order valence-corrected chi connectivity index (χ2v) is 4.18. The van der Waals surface area contributed by atoms with Crippen molar-refractivity contribution >= 4 is 11.8 Å². The van der Waals surface area contributed by atoms with Crippen LogP contribution < -0.4 is 11.5 Å². The van der Waals surface area contributed by atoms with Crippen LogP contribution in [0.15, 0.2) is 0 Å². The van der Waals surface area contributed by atoms with Crippen molar-refractivity contribution in [2.45, 2.75) is 32.2 Å². The quantitative estimate of drug-likeness (QED) is 0.642. The number of carbonyl (C=O) groups excluding carboxylic acids is 2. The van der Waals surface area contributed by atoms with E-state index < -0.39 is 5.91 Å². The molecule has 5 heteroatoms. The number of primary amides is 1. The molecule has 1 saturated heterocycles. The third-order valence-electron chi connectivity index (χ3n) is 2.85. The molecule has 2 unspecified atom stereocenters. The molecule has 0 aromatic rings. The van der Waals surface area contributed by atoms with Gasteiger partial charge in [0.15, 0.2) is 0 Å². The standard InChI is InChI=1S/C10H19N3O2/c1-7(2-4-11)6-9(14)13-5-3-8(13)10(12)15/h7-8H,2-6,11H2,1H3,(H2,12,15). The second-order valence-electron chi connectivity index (χ2n) is 4.18. The van der Waals surface area contributed by atoms with Gasteiger partial charge >= 0.3 is 0 Å². The molecule has 1 aliphatic rings. The van der Waals surface area contributed by atoms with Crippen molar-refractivity contribution in [3.63, 3.8) is 0 Å². The van der Waals surface area contributed by atoms with Crippen molar-refractivity contribution in [2.24, 2.45) is 17.4 Å². The van der Waals surface area contributed by atoms with E-state index >= 15 is 0 Å². The third kappa shape index (κ3) is 2.92. The van der Waals surface area contributed by atoms with Gasteiger partial charge in [-0.15, -0.1) is 0 Å². The van der Waals surface area contributed by atoms with Crippen LogP contribution in [0.5, 0.6) is 0 Å². The zero-order valence-electron chi connectivity index (χ0n) is 9.11. The summed E-state index contributed by atoms with van der Waals surface area (Å²) in [7, 11) is 0. The van der Waals surface area contributed by atoms with Crippen molar-refractivity contribution in [1.29, 1.82) is 0 Å². The molecule has 0 aliphatic carbocycles. The van der Waals surface area contributed by atoms with Crippen molar-refractivity contribution < 1.29 is 9.59 Å². The van der Waals surface area contributed by atoms with Crippen molar-refractivity contribution in [3.05, 3.63) is 0 Å². The molecule has 5 nitrogen and oxygen atoms in total. The van der Waals surface area contributed by atoms with Gasteiger partial charge in [-0.25, -0.2) is 0 Å². The molecule has 15 heavy (non-hydrogen) atoms.